The molecule has 0 spiro atoms. The Morgan fingerprint density at radius 1 is 1.17 bits per heavy atom. The quantitative estimate of drug-likeness (QED) is 0.350. The minimum Gasteiger partial charge on any atom is -0.379 e. The van der Waals surface area contributed by atoms with Crippen molar-refractivity contribution < 1.29 is 24.3 Å². The topological polar surface area (TPSA) is 125 Å². The molecule has 0 bridgehead atoms. The van der Waals surface area contributed by atoms with Crippen molar-refractivity contribution in [3.8, 4) is 0 Å². The first-order chi connectivity index (χ1) is 14.0. The van der Waals surface area contributed by atoms with Crippen LogP contribution in [0, 0.1) is 17.3 Å². The van der Waals surface area contributed by atoms with E-state index in [-0.39, 0.29) is 18.9 Å². The van der Waals surface area contributed by atoms with Crippen molar-refractivity contribution >= 4 is 17.7 Å². The fraction of sp³-hybridized carbons (Fsp3) is 0.857. The van der Waals surface area contributed by atoms with Crippen molar-refractivity contribution in [3.05, 3.63) is 0 Å². The average Bonchev–Trinajstić information content (AvgIpc) is 2.68. The molecule has 1 heterocycles. The highest BCUT2D eigenvalue weighted by molar-refractivity contribution is 6.00. The molecule has 9 nitrogen and oxygen atoms in total. The van der Waals surface area contributed by atoms with Gasteiger partial charge >= 0.3 is 0 Å². The molecule has 0 aromatic heterocycles. The van der Waals surface area contributed by atoms with E-state index in [4.69, 9.17) is 15.7 Å². The summed E-state index contributed by atoms with van der Waals surface area (Å²) in [6, 6.07) is -0.837. The number of nitrogens with one attached hydrogen (secondary N) is 1. The summed E-state index contributed by atoms with van der Waals surface area (Å²) < 4.78 is 5.35. The van der Waals surface area contributed by atoms with Gasteiger partial charge in [-0.15, -0.1) is 0 Å². The summed E-state index contributed by atoms with van der Waals surface area (Å²) in [6.07, 6.45) is 0.880. The maximum Gasteiger partial charge on any atom is 0.246 e. The number of rotatable bonds is 10. The van der Waals surface area contributed by atoms with E-state index >= 15 is 0 Å². The first-order valence-corrected chi connectivity index (χ1v) is 10.8. The Kier molecular flexibility index (Phi) is 10.9. The standard InChI is InChI=1S/C21H40N4O5/c1-15(2)13-16(14-17(26)23-29)19(27)25(20(28)18(22)21(3,4)5)8-6-7-24-9-11-30-12-10-24/h15-16,18,29H,6-14,22H2,1-5H3,(H,23,26)/t16-,18-/m1/s1. The van der Waals surface area contributed by atoms with Gasteiger partial charge in [-0.2, -0.15) is 0 Å². The summed E-state index contributed by atoms with van der Waals surface area (Å²) in [5.41, 5.74) is 7.27. The lowest BCUT2D eigenvalue weighted by molar-refractivity contribution is -0.152. The number of nitrogens with two attached hydrogens (primary N) is 1. The predicted octanol–water partition coefficient (Wildman–Crippen LogP) is 0.995. The van der Waals surface area contributed by atoms with Crippen LogP contribution >= 0.6 is 0 Å². The highest BCUT2D eigenvalue weighted by Crippen LogP contribution is 2.23. The largest absolute Gasteiger partial charge is 0.379 e. The van der Waals surface area contributed by atoms with Crippen LogP contribution in [0.25, 0.3) is 0 Å². The Morgan fingerprint density at radius 2 is 1.77 bits per heavy atom. The summed E-state index contributed by atoms with van der Waals surface area (Å²) in [7, 11) is 0. The molecule has 174 valence electrons. The van der Waals surface area contributed by atoms with Crippen LogP contribution in [-0.4, -0.2) is 78.2 Å². The van der Waals surface area contributed by atoms with Crippen molar-refractivity contribution in [1.29, 1.82) is 0 Å². The van der Waals surface area contributed by atoms with Crippen molar-refractivity contribution in [2.75, 3.05) is 39.4 Å². The summed E-state index contributed by atoms with van der Waals surface area (Å²) >= 11 is 0. The number of amides is 3. The number of carbonyl (C=O) groups is 3. The van der Waals surface area contributed by atoms with Crippen LogP contribution in [-0.2, 0) is 19.1 Å². The lowest BCUT2D eigenvalue weighted by atomic mass is 9.86. The van der Waals surface area contributed by atoms with Gasteiger partial charge in [0.2, 0.25) is 17.7 Å². The van der Waals surface area contributed by atoms with Gasteiger partial charge in [-0.1, -0.05) is 34.6 Å². The van der Waals surface area contributed by atoms with Gasteiger partial charge in [-0.25, -0.2) is 5.48 Å². The Labute approximate surface area is 180 Å². The van der Waals surface area contributed by atoms with Gasteiger partial charge in [-0.05, 0) is 24.2 Å². The van der Waals surface area contributed by atoms with Crippen molar-refractivity contribution in [2.24, 2.45) is 23.0 Å². The summed E-state index contributed by atoms with van der Waals surface area (Å²) in [6.45, 7) is 13.5. The van der Waals surface area contributed by atoms with Gasteiger partial charge in [0, 0.05) is 38.5 Å². The van der Waals surface area contributed by atoms with Gasteiger partial charge in [0.1, 0.15) is 0 Å². The Hall–Kier alpha value is -1.55. The molecule has 1 saturated heterocycles. The van der Waals surface area contributed by atoms with Crippen LogP contribution in [0.2, 0.25) is 0 Å². The molecule has 1 aliphatic heterocycles. The third-order valence-electron chi connectivity index (χ3n) is 5.35. The predicted molar refractivity (Wildman–Crippen MR) is 114 cm³/mol. The van der Waals surface area contributed by atoms with E-state index < -0.39 is 35.1 Å². The maximum atomic E-state index is 13.3. The second-order valence-corrected chi connectivity index (χ2v) is 9.54. The fourth-order valence-corrected chi connectivity index (χ4v) is 3.47. The molecule has 1 rings (SSSR count). The lowest BCUT2D eigenvalue weighted by Gasteiger charge is -2.34. The van der Waals surface area contributed by atoms with Crippen LogP contribution in [0.15, 0.2) is 0 Å². The average molecular weight is 429 g/mol. The number of carbonyl (C=O) groups excluding carboxylic acids is 3. The second-order valence-electron chi connectivity index (χ2n) is 9.54. The normalized spacial score (nSPS) is 17.5. The number of ether oxygens (including phenoxy) is 1. The van der Waals surface area contributed by atoms with E-state index in [1.165, 1.54) is 4.90 Å². The Balaban J connectivity index is 2.97. The van der Waals surface area contributed by atoms with Crippen LogP contribution in [0.4, 0.5) is 0 Å². The van der Waals surface area contributed by atoms with Gasteiger partial charge in [0.05, 0.1) is 19.3 Å². The molecule has 9 heteroatoms. The minimum absolute atomic E-state index is 0.145. The monoisotopic (exact) mass is 428 g/mol. The Morgan fingerprint density at radius 3 is 2.27 bits per heavy atom. The second kappa shape index (κ2) is 12.3. The van der Waals surface area contributed by atoms with E-state index in [1.54, 1.807) is 5.48 Å². The highest BCUT2D eigenvalue weighted by Gasteiger charge is 2.37. The van der Waals surface area contributed by atoms with E-state index in [1.807, 2.05) is 34.6 Å². The number of nitrogens with zero attached hydrogens (tertiary/aromatic N) is 2. The number of hydrogen-bond donors (Lipinski definition) is 3. The molecule has 0 saturated carbocycles. The van der Waals surface area contributed by atoms with Crippen molar-refractivity contribution in [3.63, 3.8) is 0 Å². The smallest absolute Gasteiger partial charge is 0.246 e. The van der Waals surface area contributed by atoms with Crippen molar-refractivity contribution in [2.45, 2.75) is 59.9 Å². The molecule has 0 aromatic rings. The first-order valence-electron chi connectivity index (χ1n) is 10.8. The van der Waals surface area contributed by atoms with Crippen molar-refractivity contribution in [1.82, 2.24) is 15.3 Å². The van der Waals surface area contributed by atoms with Crippen LogP contribution in [0.1, 0.15) is 53.9 Å². The van der Waals surface area contributed by atoms with Gasteiger partial charge < -0.3 is 10.5 Å². The number of hydrogen-bond acceptors (Lipinski definition) is 7. The molecule has 4 N–H and O–H groups in total. The van der Waals surface area contributed by atoms with Gasteiger partial charge in [-0.3, -0.25) is 29.4 Å². The molecule has 0 aliphatic carbocycles. The van der Waals surface area contributed by atoms with Crippen LogP contribution in [0.3, 0.4) is 0 Å². The SMILES string of the molecule is CC(C)C[C@H](CC(=O)NO)C(=O)N(CCCN1CCOCC1)C(=O)[C@@H](N)C(C)(C)C. The van der Waals surface area contributed by atoms with E-state index in [2.05, 4.69) is 4.90 Å². The van der Waals surface area contributed by atoms with E-state index in [0.29, 0.717) is 26.1 Å². The molecule has 1 aliphatic rings. The molecule has 0 unspecified atom stereocenters. The molecule has 3 amide bonds. The molecule has 0 radical (unpaired) electrons. The molecular formula is C21H40N4O5. The van der Waals surface area contributed by atoms with E-state index in [9.17, 15) is 14.4 Å². The highest BCUT2D eigenvalue weighted by atomic mass is 16.5. The first kappa shape index (κ1) is 26.5. The fourth-order valence-electron chi connectivity index (χ4n) is 3.47. The zero-order valence-electron chi connectivity index (χ0n) is 19.1. The molecule has 2 atom stereocenters. The van der Waals surface area contributed by atoms with Crippen LogP contribution < -0.4 is 11.2 Å². The number of imide groups is 1. The lowest BCUT2D eigenvalue weighted by Crippen LogP contribution is -2.54. The zero-order valence-corrected chi connectivity index (χ0v) is 19.1. The van der Waals surface area contributed by atoms with Crippen LogP contribution in [0.5, 0.6) is 0 Å². The number of hydroxylamine groups is 1. The van der Waals surface area contributed by atoms with Gasteiger partial charge in [0.15, 0.2) is 0 Å². The maximum absolute atomic E-state index is 13.3. The Bertz CT molecular complexity index is 570. The zero-order chi connectivity index (χ0) is 22.9. The third kappa shape index (κ3) is 8.67. The molecule has 30 heavy (non-hydrogen) atoms. The minimum atomic E-state index is -0.837. The third-order valence-corrected chi connectivity index (χ3v) is 5.35. The molecule has 1 fully saturated rings. The summed E-state index contributed by atoms with van der Waals surface area (Å²) in [5.74, 6) is -2.02. The van der Waals surface area contributed by atoms with Gasteiger partial charge in [0.25, 0.3) is 0 Å². The summed E-state index contributed by atoms with van der Waals surface area (Å²) in [5, 5.41) is 8.90. The summed E-state index contributed by atoms with van der Waals surface area (Å²) in [4.78, 5) is 41.7. The molecule has 0 aromatic carbocycles. The number of morpholine rings is 1. The molecular weight excluding hydrogens is 388 g/mol. The van der Waals surface area contributed by atoms with E-state index in [0.717, 1.165) is 19.6 Å².